The highest BCUT2D eigenvalue weighted by Gasteiger charge is 2.14. The second-order valence-corrected chi connectivity index (χ2v) is 3.17. The number of hydrogen-bond donors (Lipinski definition) is 0. The van der Waals surface area contributed by atoms with Gasteiger partial charge in [-0.05, 0) is 13.5 Å². The minimum absolute atomic E-state index is 0.627. The van der Waals surface area contributed by atoms with Crippen molar-refractivity contribution in [1.82, 2.24) is 9.80 Å². The fourth-order valence-corrected chi connectivity index (χ4v) is 1.42. The third kappa shape index (κ3) is 3.74. The van der Waals surface area contributed by atoms with Crippen molar-refractivity contribution in [1.29, 1.82) is 0 Å². The lowest BCUT2D eigenvalue weighted by molar-refractivity contribution is 0.00619. The molecule has 0 aliphatic carbocycles. The zero-order chi connectivity index (χ0) is 9.52. The molecule has 1 fully saturated rings. The van der Waals surface area contributed by atoms with E-state index < -0.39 is 0 Å². The predicted octanol–water partition coefficient (Wildman–Crippen LogP) is 0.604. The lowest BCUT2D eigenvalue weighted by atomic mass is 10.3. The first-order valence-electron chi connectivity index (χ1n) is 4.91. The van der Waals surface area contributed by atoms with Crippen LogP contribution in [-0.2, 0) is 4.84 Å². The molecule has 1 saturated heterocycles. The molecule has 0 aromatic rings. The average molecular weight is 185 g/mol. The van der Waals surface area contributed by atoms with Gasteiger partial charge >= 0.3 is 0 Å². The zero-order valence-electron chi connectivity index (χ0n) is 8.57. The van der Waals surface area contributed by atoms with Crippen LogP contribution in [0.3, 0.4) is 0 Å². The Morgan fingerprint density at radius 1 is 1.23 bits per heavy atom. The maximum absolute atomic E-state index is 5.07. The summed E-state index contributed by atoms with van der Waals surface area (Å²) in [4.78, 5) is 9.79. The van der Waals surface area contributed by atoms with Crippen LogP contribution in [0, 0.1) is 0 Å². The second kappa shape index (κ2) is 5.94. The van der Waals surface area contributed by atoms with Gasteiger partial charge in [-0.15, -0.1) is 0 Å². The van der Waals surface area contributed by atoms with Crippen LogP contribution in [0.15, 0.2) is 5.16 Å². The summed E-state index contributed by atoms with van der Waals surface area (Å²) in [5.41, 5.74) is 0. The number of oxime groups is 1. The molecule has 0 aromatic heterocycles. The first-order valence-corrected chi connectivity index (χ1v) is 4.91. The van der Waals surface area contributed by atoms with Crippen molar-refractivity contribution in [2.24, 2.45) is 5.16 Å². The first-order chi connectivity index (χ1) is 6.36. The fraction of sp³-hybridized carbons (Fsp3) is 0.889. The molecule has 1 aliphatic heterocycles. The van der Waals surface area contributed by atoms with Crippen LogP contribution in [-0.4, -0.2) is 55.5 Å². The second-order valence-electron chi connectivity index (χ2n) is 3.17. The molecule has 0 N–H and O–H groups in total. The largest absolute Gasteiger partial charge is 0.380 e. The molecule has 13 heavy (non-hydrogen) atoms. The van der Waals surface area contributed by atoms with Crippen LogP contribution >= 0.6 is 0 Å². The number of piperazine rings is 1. The Balaban J connectivity index is 2.10. The van der Waals surface area contributed by atoms with E-state index in [1.54, 1.807) is 6.21 Å². The molecule has 1 rings (SSSR count). The lowest BCUT2D eigenvalue weighted by Gasteiger charge is -2.32. The van der Waals surface area contributed by atoms with E-state index >= 15 is 0 Å². The van der Waals surface area contributed by atoms with Crippen LogP contribution < -0.4 is 0 Å². The molecule has 0 saturated carbocycles. The number of nitrogens with zero attached hydrogens (tertiary/aromatic N) is 3. The Hall–Kier alpha value is -0.610. The van der Waals surface area contributed by atoms with Crippen LogP contribution in [0.4, 0.5) is 0 Å². The van der Waals surface area contributed by atoms with E-state index in [2.05, 4.69) is 21.9 Å². The van der Waals surface area contributed by atoms with Crippen LogP contribution in [0.1, 0.15) is 13.8 Å². The van der Waals surface area contributed by atoms with Crippen molar-refractivity contribution < 1.29 is 4.84 Å². The van der Waals surface area contributed by atoms with Crippen LogP contribution in [0.2, 0.25) is 0 Å². The van der Waals surface area contributed by atoms with Gasteiger partial charge in [0.15, 0.2) is 6.73 Å². The van der Waals surface area contributed by atoms with Gasteiger partial charge < -0.3 is 9.74 Å². The summed E-state index contributed by atoms with van der Waals surface area (Å²) in [5, 5.41) is 3.72. The average Bonchev–Trinajstić information content (AvgIpc) is 2.19. The summed E-state index contributed by atoms with van der Waals surface area (Å²) in [6, 6.07) is 0. The Bertz CT molecular complexity index is 153. The monoisotopic (exact) mass is 185 g/mol. The summed E-state index contributed by atoms with van der Waals surface area (Å²) in [6.07, 6.45) is 1.67. The van der Waals surface area contributed by atoms with E-state index in [0.29, 0.717) is 6.73 Å². The summed E-state index contributed by atoms with van der Waals surface area (Å²) < 4.78 is 0. The van der Waals surface area contributed by atoms with E-state index in [1.807, 2.05) is 6.92 Å². The van der Waals surface area contributed by atoms with Crippen molar-refractivity contribution in [3.8, 4) is 0 Å². The molecule has 1 aliphatic rings. The van der Waals surface area contributed by atoms with Crippen LogP contribution in [0.5, 0.6) is 0 Å². The highest BCUT2D eigenvalue weighted by Crippen LogP contribution is 2.00. The van der Waals surface area contributed by atoms with Gasteiger partial charge in [-0.1, -0.05) is 12.1 Å². The minimum Gasteiger partial charge on any atom is -0.380 e. The van der Waals surface area contributed by atoms with E-state index in [-0.39, 0.29) is 0 Å². The highest BCUT2D eigenvalue weighted by molar-refractivity contribution is 5.52. The van der Waals surface area contributed by atoms with Gasteiger partial charge in [0.05, 0.1) is 0 Å². The third-order valence-electron chi connectivity index (χ3n) is 2.33. The Kier molecular flexibility index (Phi) is 4.78. The Morgan fingerprint density at radius 3 is 2.38 bits per heavy atom. The molecule has 0 bridgehead atoms. The van der Waals surface area contributed by atoms with Crippen molar-refractivity contribution >= 4 is 6.21 Å². The number of hydrogen-bond acceptors (Lipinski definition) is 4. The normalized spacial score (nSPS) is 21.1. The maximum Gasteiger partial charge on any atom is 0.170 e. The number of likely N-dealkylation sites (N-methyl/N-ethyl adjacent to an activating group) is 1. The van der Waals surface area contributed by atoms with Gasteiger partial charge in [-0.25, -0.2) is 0 Å². The molecule has 4 nitrogen and oxygen atoms in total. The zero-order valence-corrected chi connectivity index (χ0v) is 8.57. The van der Waals surface area contributed by atoms with E-state index in [0.717, 1.165) is 32.7 Å². The first kappa shape index (κ1) is 10.5. The summed E-state index contributed by atoms with van der Waals surface area (Å²) in [7, 11) is 0. The van der Waals surface area contributed by atoms with E-state index in [1.165, 1.54) is 0 Å². The van der Waals surface area contributed by atoms with Crippen molar-refractivity contribution in [2.45, 2.75) is 13.8 Å². The molecule has 0 unspecified atom stereocenters. The fourth-order valence-electron chi connectivity index (χ4n) is 1.42. The molecular formula is C9H19N3O. The highest BCUT2D eigenvalue weighted by atomic mass is 16.6. The summed E-state index contributed by atoms with van der Waals surface area (Å²) in [5.74, 6) is 0. The van der Waals surface area contributed by atoms with Gasteiger partial charge in [0, 0.05) is 32.4 Å². The SMILES string of the molecule is C/C=N/OCN1CCN(CC)CC1. The molecule has 76 valence electrons. The van der Waals surface area contributed by atoms with Gasteiger partial charge in [0.1, 0.15) is 0 Å². The Morgan fingerprint density at radius 2 is 1.85 bits per heavy atom. The standard InChI is InChI=1S/C9H19N3O/c1-3-10-13-9-12-7-5-11(4-2)6-8-12/h3H,4-9H2,1-2H3/b10-3+. The molecule has 0 atom stereocenters. The summed E-state index contributed by atoms with van der Waals surface area (Å²) >= 11 is 0. The molecule has 0 aromatic carbocycles. The molecule has 0 spiro atoms. The lowest BCUT2D eigenvalue weighted by Crippen LogP contribution is -2.46. The van der Waals surface area contributed by atoms with Gasteiger partial charge in [0.25, 0.3) is 0 Å². The van der Waals surface area contributed by atoms with Crippen molar-refractivity contribution in [3.05, 3.63) is 0 Å². The van der Waals surface area contributed by atoms with Gasteiger partial charge in [-0.2, -0.15) is 0 Å². The molecule has 0 amide bonds. The Labute approximate surface area is 80.1 Å². The van der Waals surface area contributed by atoms with E-state index in [4.69, 9.17) is 4.84 Å². The van der Waals surface area contributed by atoms with E-state index in [9.17, 15) is 0 Å². The third-order valence-corrected chi connectivity index (χ3v) is 2.33. The van der Waals surface area contributed by atoms with Gasteiger partial charge in [-0.3, -0.25) is 4.90 Å². The van der Waals surface area contributed by atoms with Gasteiger partial charge in [0.2, 0.25) is 0 Å². The molecular weight excluding hydrogens is 166 g/mol. The topological polar surface area (TPSA) is 28.1 Å². The maximum atomic E-state index is 5.07. The molecule has 1 heterocycles. The van der Waals surface area contributed by atoms with Crippen LogP contribution in [0.25, 0.3) is 0 Å². The quantitative estimate of drug-likeness (QED) is 0.474. The minimum atomic E-state index is 0.627. The predicted molar refractivity (Wildman–Crippen MR) is 53.8 cm³/mol. The number of rotatable bonds is 4. The smallest absolute Gasteiger partial charge is 0.170 e. The van der Waals surface area contributed by atoms with Crippen molar-refractivity contribution in [2.75, 3.05) is 39.5 Å². The summed E-state index contributed by atoms with van der Waals surface area (Å²) in [6.45, 7) is 10.3. The molecule has 0 radical (unpaired) electrons. The van der Waals surface area contributed by atoms with Crippen molar-refractivity contribution in [3.63, 3.8) is 0 Å². The molecule has 4 heteroatoms.